The molecule has 0 atom stereocenters. The average Bonchev–Trinajstić information content (AvgIpc) is 3.71. The molecule has 0 aliphatic heterocycles. The number of aromatic nitrogens is 4. The van der Waals surface area contributed by atoms with E-state index in [9.17, 15) is 8.42 Å². The number of sulfone groups is 1. The molecule has 0 saturated heterocycles. The molecule has 11 nitrogen and oxygen atoms in total. The molecule has 0 amide bonds. The molecule has 2 saturated carbocycles. The summed E-state index contributed by atoms with van der Waals surface area (Å²) in [5.41, 5.74) is 8.87. The largest absolute Gasteiger partial charge is 0.488 e. The fourth-order valence-electron chi connectivity index (χ4n) is 5.13. The second-order valence-corrected chi connectivity index (χ2v) is 15.0. The summed E-state index contributed by atoms with van der Waals surface area (Å²) in [5.74, 6) is 1.97. The van der Waals surface area contributed by atoms with Crippen molar-refractivity contribution in [3.05, 3.63) is 40.7 Å². The first-order valence-corrected chi connectivity index (χ1v) is 17.3. The van der Waals surface area contributed by atoms with Gasteiger partial charge in [0.15, 0.2) is 5.82 Å². The smallest absolute Gasteiger partial charge is 0.229 e. The van der Waals surface area contributed by atoms with Gasteiger partial charge in [-0.2, -0.15) is 10.1 Å². The minimum atomic E-state index is -3.62. The number of rotatable bonds is 11. The number of likely N-dealkylation sites (N-methyl/N-ethyl adjacent to an activating group) is 1. The van der Waals surface area contributed by atoms with Crippen LogP contribution < -0.4 is 21.1 Å². The van der Waals surface area contributed by atoms with Gasteiger partial charge < -0.3 is 26.0 Å². The SMILES string of the molecule is CN(C)CCN.Cc1cc(Nc2ncc(Cl)c(Nc3cn(C)nc3S(=O)(=O)C(C)C)n2)c(OC2CC2)cc1C1CCCCC1. The zero-order valence-corrected chi connectivity index (χ0v) is 28.3. The van der Waals surface area contributed by atoms with Crippen LogP contribution in [0.1, 0.15) is 75.8 Å². The number of nitrogens with two attached hydrogens (primary N) is 1. The van der Waals surface area contributed by atoms with E-state index in [0.717, 1.165) is 37.4 Å². The standard InChI is InChI=1S/C27H35ClN6O3S.C4H12N2/c1-16(2)38(35,36)26-23(15-34(4)33-26)30-25-21(28)14-29-27(32-25)31-22-12-17(3)20(18-8-6-5-7-9-18)13-24(22)37-19-10-11-19;1-6(2)4-3-5/h12-16,18-19H,5-11H2,1-4H3,(H2,29,30,31,32);3-5H2,1-2H3. The molecular formula is C31H47ClN8O3S. The molecule has 1 aromatic carbocycles. The molecule has 2 fully saturated rings. The first-order valence-electron chi connectivity index (χ1n) is 15.4. The molecule has 2 aliphatic rings. The average molecular weight is 647 g/mol. The maximum Gasteiger partial charge on any atom is 0.229 e. The van der Waals surface area contributed by atoms with Crippen molar-refractivity contribution in [2.75, 3.05) is 37.8 Å². The molecule has 0 bridgehead atoms. The van der Waals surface area contributed by atoms with Crippen molar-refractivity contribution in [2.24, 2.45) is 12.8 Å². The summed E-state index contributed by atoms with van der Waals surface area (Å²) in [7, 11) is 2.06. The lowest BCUT2D eigenvalue weighted by Crippen LogP contribution is -2.20. The van der Waals surface area contributed by atoms with Crippen LogP contribution in [0.5, 0.6) is 5.75 Å². The van der Waals surface area contributed by atoms with Gasteiger partial charge in [-0.3, -0.25) is 4.68 Å². The Morgan fingerprint density at radius 2 is 1.82 bits per heavy atom. The Kier molecular flexibility index (Phi) is 11.5. The molecule has 242 valence electrons. The Balaban J connectivity index is 0.000000670. The summed E-state index contributed by atoms with van der Waals surface area (Å²) in [6.07, 6.45) is 11.7. The van der Waals surface area contributed by atoms with Gasteiger partial charge in [-0.05, 0) is 89.7 Å². The van der Waals surface area contributed by atoms with Crippen molar-refractivity contribution in [3.63, 3.8) is 0 Å². The van der Waals surface area contributed by atoms with Gasteiger partial charge in [0.05, 0.1) is 28.9 Å². The van der Waals surface area contributed by atoms with Crippen LogP contribution in [0.2, 0.25) is 5.02 Å². The lowest BCUT2D eigenvalue weighted by atomic mass is 9.82. The molecule has 0 spiro atoms. The van der Waals surface area contributed by atoms with E-state index < -0.39 is 15.1 Å². The van der Waals surface area contributed by atoms with Gasteiger partial charge in [-0.25, -0.2) is 13.4 Å². The number of anilines is 4. The number of ether oxygens (including phenoxy) is 1. The van der Waals surface area contributed by atoms with Crippen LogP contribution in [0.25, 0.3) is 0 Å². The minimum absolute atomic E-state index is 0.0479. The highest BCUT2D eigenvalue weighted by Crippen LogP contribution is 2.41. The lowest BCUT2D eigenvalue weighted by molar-refractivity contribution is 0.304. The number of halogens is 1. The molecule has 4 N–H and O–H groups in total. The third-order valence-electron chi connectivity index (χ3n) is 7.74. The number of hydrogen-bond acceptors (Lipinski definition) is 10. The molecule has 3 aromatic rings. The van der Waals surface area contributed by atoms with Gasteiger partial charge in [-0.15, -0.1) is 0 Å². The maximum absolute atomic E-state index is 12.8. The molecule has 5 rings (SSSR count). The molecule has 2 heterocycles. The van der Waals surface area contributed by atoms with Crippen LogP contribution >= 0.6 is 11.6 Å². The molecule has 2 aliphatic carbocycles. The number of nitrogens with one attached hydrogen (secondary N) is 2. The molecule has 0 unspecified atom stereocenters. The van der Waals surface area contributed by atoms with Crippen LogP contribution in [-0.4, -0.2) is 71.6 Å². The van der Waals surface area contributed by atoms with Crippen LogP contribution in [0.15, 0.2) is 29.6 Å². The zero-order valence-electron chi connectivity index (χ0n) is 26.7. The zero-order chi connectivity index (χ0) is 32.0. The second kappa shape index (κ2) is 14.9. The van der Waals surface area contributed by atoms with E-state index in [4.69, 9.17) is 22.1 Å². The second-order valence-electron chi connectivity index (χ2n) is 12.2. The normalized spacial score (nSPS) is 15.7. The number of nitrogens with zero attached hydrogens (tertiary/aromatic N) is 5. The fourth-order valence-corrected chi connectivity index (χ4v) is 6.36. The predicted octanol–water partition coefficient (Wildman–Crippen LogP) is 5.94. The minimum Gasteiger partial charge on any atom is -0.488 e. The van der Waals surface area contributed by atoms with Crippen molar-refractivity contribution in [3.8, 4) is 5.75 Å². The highest BCUT2D eigenvalue weighted by molar-refractivity contribution is 7.92. The van der Waals surface area contributed by atoms with E-state index in [1.54, 1.807) is 27.1 Å². The van der Waals surface area contributed by atoms with Gasteiger partial charge in [0.2, 0.25) is 20.8 Å². The highest BCUT2D eigenvalue weighted by Gasteiger charge is 2.28. The van der Waals surface area contributed by atoms with Gasteiger partial charge in [0.25, 0.3) is 0 Å². The first kappa shape index (κ1) is 34.0. The Hall–Kier alpha value is -2.93. The predicted molar refractivity (Wildman–Crippen MR) is 177 cm³/mol. The van der Waals surface area contributed by atoms with Crippen LogP contribution in [0.3, 0.4) is 0 Å². The summed E-state index contributed by atoms with van der Waals surface area (Å²) >= 11 is 6.41. The van der Waals surface area contributed by atoms with E-state index in [2.05, 4.69) is 49.7 Å². The molecule has 2 aromatic heterocycles. The number of aryl methyl sites for hydroxylation is 2. The van der Waals surface area contributed by atoms with Gasteiger partial charge in [0, 0.05) is 26.3 Å². The van der Waals surface area contributed by atoms with Crippen molar-refractivity contribution in [1.82, 2.24) is 24.6 Å². The quantitative estimate of drug-likeness (QED) is 0.229. The van der Waals surface area contributed by atoms with E-state index in [-0.39, 0.29) is 22.0 Å². The summed E-state index contributed by atoms with van der Waals surface area (Å²) in [4.78, 5) is 11.0. The molecular weight excluding hydrogens is 600 g/mol. The molecule has 44 heavy (non-hydrogen) atoms. The van der Waals surface area contributed by atoms with Gasteiger partial charge in [0.1, 0.15) is 10.8 Å². The maximum atomic E-state index is 12.8. The fraction of sp³-hybridized carbons (Fsp3) is 0.581. The summed E-state index contributed by atoms with van der Waals surface area (Å²) < 4.78 is 33.4. The highest BCUT2D eigenvalue weighted by atomic mass is 35.5. The van der Waals surface area contributed by atoms with Crippen molar-refractivity contribution >= 4 is 44.6 Å². The Morgan fingerprint density at radius 1 is 1.11 bits per heavy atom. The van der Waals surface area contributed by atoms with E-state index in [1.807, 2.05) is 14.1 Å². The van der Waals surface area contributed by atoms with Crippen molar-refractivity contribution in [1.29, 1.82) is 0 Å². The van der Waals surface area contributed by atoms with Crippen LogP contribution in [0.4, 0.5) is 23.1 Å². The monoisotopic (exact) mass is 646 g/mol. The number of hydrogen-bond donors (Lipinski definition) is 3. The number of benzene rings is 1. The summed E-state index contributed by atoms with van der Waals surface area (Å²) in [6.45, 7) is 7.13. The third kappa shape index (κ3) is 8.83. The summed E-state index contributed by atoms with van der Waals surface area (Å²) in [5, 5.41) is 10.1. The van der Waals surface area contributed by atoms with Gasteiger partial charge >= 0.3 is 0 Å². The topological polar surface area (TPSA) is 140 Å². The van der Waals surface area contributed by atoms with Crippen LogP contribution in [0, 0.1) is 6.92 Å². The van der Waals surface area contributed by atoms with Crippen molar-refractivity contribution < 1.29 is 13.2 Å². The first-order chi connectivity index (χ1) is 20.9. The van der Waals surface area contributed by atoms with Gasteiger partial charge in [-0.1, -0.05) is 30.9 Å². The lowest BCUT2D eigenvalue weighted by Gasteiger charge is -2.25. The van der Waals surface area contributed by atoms with E-state index in [1.165, 1.54) is 54.1 Å². The summed E-state index contributed by atoms with van der Waals surface area (Å²) in [6, 6.07) is 4.31. The molecule has 0 radical (unpaired) electrons. The van der Waals surface area contributed by atoms with Crippen molar-refractivity contribution in [2.45, 2.75) is 88.0 Å². The van der Waals surface area contributed by atoms with E-state index in [0.29, 0.717) is 17.6 Å². The third-order valence-corrected chi connectivity index (χ3v) is 10.1. The van der Waals surface area contributed by atoms with Crippen LogP contribution in [-0.2, 0) is 16.9 Å². The van der Waals surface area contributed by atoms with E-state index >= 15 is 0 Å². The Labute approximate surface area is 266 Å². The molecule has 13 heteroatoms. The Bertz CT molecular complexity index is 1520. The Morgan fingerprint density at radius 3 is 2.41 bits per heavy atom.